The van der Waals surface area contributed by atoms with Crippen LogP contribution in [0.4, 0.5) is 0 Å². The summed E-state index contributed by atoms with van der Waals surface area (Å²) >= 11 is 0. The normalized spacial score (nSPS) is 15.1. The van der Waals surface area contributed by atoms with Crippen molar-refractivity contribution in [3.63, 3.8) is 0 Å². The third-order valence-corrected chi connectivity index (χ3v) is 5.80. The van der Waals surface area contributed by atoms with Crippen molar-refractivity contribution >= 4 is 32.8 Å². The number of aromatic nitrogens is 1. The summed E-state index contributed by atoms with van der Waals surface area (Å²) in [6.07, 6.45) is 0. The first-order valence-electron chi connectivity index (χ1n) is 8.72. The Balaban J connectivity index is 1.89. The van der Waals surface area contributed by atoms with Crippen LogP contribution >= 0.6 is 0 Å². The molecule has 1 aliphatic rings. The third kappa shape index (κ3) is 1.46. The zero-order valence-electron chi connectivity index (χ0n) is 14.2. The zero-order valence-corrected chi connectivity index (χ0v) is 14.2. The maximum absolute atomic E-state index is 6.12. The molecule has 2 aromatic heterocycles. The predicted octanol–water partition coefficient (Wildman–Crippen LogP) is 6.37. The van der Waals surface area contributed by atoms with Gasteiger partial charge < -0.3 is 9.40 Å². The van der Waals surface area contributed by atoms with Gasteiger partial charge in [0, 0.05) is 32.7 Å². The molecule has 2 heterocycles. The molecule has 6 rings (SSSR count). The molecule has 0 atom stereocenters. The molecule has 0 amide bonds. The van der Waals surface area contributed by atoms with E-state index in [9.17, 15) is 0 Å². The number of fused-ring (bicyclic) bond motifs is 9. The monoisotopic (exact) mass is 323 g/mol. The lowest BCUT2D eigenvalue weighted by atomic mass is 9.81. The van der Waals surface area contributed by atoms with Crippen LogP contribution in [0.5, 0.6) is 0 Å². The lowest BCUT2D eigenvalue weighted by molar-refractivity contribution is 0.665. The molecule has 2 nitrogen and oxygen atoms in total. The lowest BCUT2D eigenvalue weighted by Gasteiger charge is -2.21. The topological polar surface area (TPSA) is 28.9 Å². The summed E-state index contributed by atoms with van der Waals surface area (Å²) in [6, 6.07) is 21.3. The van der Waals surface area contributed by atoms with Gasteiger partial charge in [-0.3, -0.25) is 0 Å². The van der Waals surface area contributed by atoms with Crippen molar-refractivity contribution in [2.45, 2.75) is 19.3 Å². The van der Waals surface area contributed by atoms with Crippen molar-refractivity contribution in [3.8, 4) is 11.3 Å². The summed E-state index contributed by atoms with van der Waals surface area (Å²) in [5.74, 6) is 0. The molecule has 0 saturated heterocycles. The molecular weight excluding hydrogens is 306 g/mol. The van der Waals surface area contributed by atoms with Crippen LogP contribution in [0, 0.1) is 0 Å². The first kappa shape index (κ1) is 13.3. The maximum atomic E-state index is 6.12. The SMILES string of the molecule is CC1(C)c2ccccc2-c2[nH]c3ccc4oc5ccccc5c4c3c21. The average molecular weight is 323 g/mol. The second-order valence-electron chi connectivity index (χ2n) is 7.51. The van der Waals surface area contributed by atoms with Crippen molar-refractivity contribution in [1.29, 1.82) is 0 Å². The van der Waals surface area contributed by atoms with E-state index in [2.05, 4.69) is 67.4 Å². The van der Waals surface area contributed by atoms with Gasteiger partial charge in [0.2, 0.25) is 0 Å². The highest BCUT2D eigenvalue weighted by atomic mass is 16.3. The first-order valence-corrected chi connectivity index (χ1v) is 8.72. The summed E-state index contributed by atoms with van der Waals surface area (Å²) in [4.78, 5) is 3.69. The minimum atomic E-state index is -0.0309. The van der Waals surface area contributed by atoms with Gasteiger partial charge in [-0.1, -0.05) is 56.3 Å². The van der Waals surface area contributed by atoms with Crippen molar-refractivity contribution < 1.29 is 4.42 Å². The van der Waals surface area contributed by atoms with E-state index >= 15 is 0 Å². The van der Waals surface area contributed by atoms with E-state index in [1.807, 2.05) is 12.1 Å². The van der Waals surface area contributed by atoms with Gasteiger partial charge in [-0.2, -0.15) is 0 Å². The van der Waals surface area contributed by atoms with Crippen LogP contribution in [-0.2, 0) is 5.41 Å². The Labute approximate surface area is 145 Å². The molecule has 0 radical (unpaired) electrons. The fourth-order valence-electron chi connectivity index (χ4n) is 4.71. The van der Waals surface area contributed by atoms with Gasteiger partial charge >= 0.3 is 0 Å². The zero-order chi connectivity index (χ0) is 16.8. The molecule has 3 aromatic carbocycles. The summed E-state index contributed by atoms with van der Waals surface area (Å²) in [7, 11) is 0. The molecular formula is C23H17NO. The van der Waals surface area contributed by atoms with Crippen LogP contribution in [0.2, 0.25) is 0 Å². The molecule has 0 bridgehead atoms. The number of hydrogen-bond donors (Lipinski definition) is 1. The highest BCUT2D eigenvalue weighted by Crippen LogP contribution is 2.53. The maximum Gasteiger partial charge on any atom is 0.136 e. The van der Waals surface area contributed by atoms with Gasteiger partial charge in [-0.25, -0.2) is 0 Å². The van der Waals surface area contributed by atoms with E-state index in [0.717, 1.165) is 11.2 Å². The number of rotatable bonds is 0. The first-order chi connectivity index (χ1) is 12.2. The molecule has 0 fully saturated rings. The van der Waals surface area contributed by atoms with Gasteiger partial charge in [0.15, 0.2) is 0 Å². The minimum Gasteiger partial charge on any atom is -0.456 e. The number of furan rings is 1. The highest BCUT2D eigenvalue weighted by Gasteiger charge is 2.39. The number of benzene rings is 3. The number of aromatic amines is 1. The lowest BCUT2D eigenvalue weighted by Crippen LogP contribution is -2.14. The van der Waals surface area contributed by atoms with Gasteiger partial charge in [0.1, 0.15) is 11.2 Å². The molecule has 120 valence electrons. The van der Waals surface area contributed by atoms with Gasteiger partial charge in [-0.15, -0.1) is 0 Å². The smallest absolute Gasteiger partial charge is 0.136 e. The summed E-state index contributed by atoms with van der Waals surface area (Å²) in [5, 5.41) is 3.72. The predicted molar refractivity (Wildman–Crippen MR) is 103 cm³/mol. The van der Waals surface area contributed by atoms with Gasteiger partial charge in [0.25, 0.3) is 0 Å². The second kappa shape index (κ2) is 4.15. The highest BCUT2D eigenvalue weighted by molar-refractivity contribution is 6.21. The number of H-pyrrole nitrogens is 1. The molecule has 2 heteroatoms. The van der Waals surface area contributed by atoms with Crippen LogP contribution in [0.1, 0.15) is 25.0 Å². The van der Waals surface area contributed by atoms with E-state index < -0.39 is 0 Å². The molecule has 0 saturated carbocycles. The van der Waals surface area contributed by atoms with Crippen LogP contribution in [-0.4, -0.2) is 4.98 Å². The van der Waals surface area contributed by atoms with E-state index in [-0.39, 0.29) is 5.41 Å². The average Bonchev–Trinajstić information content (AvgIpc) is 3.25. The Bertz CT molecular complexity index is 1320. The molecule has 1 N–H and O–H groups in total. The van der Waals surface area contributed by atoms with Crippen molar-refractivity contribution in [2.75, 3.05) is 0 Å². The number of nitrogens with one attached hydrogen (secondary N) is 1. The van der Waals surface area contributed by atoms with Crippen molar-refractivity contribution in [1.82, 2.24) is 4.98 Å². The second-order valence-corrected chi connectivity index (χ2v) is 7.51. The van der Waals surface area contributed by atoms with Crippen LogP contribution in [0.25, 0.3) is 44.1 Å². The standard InChI is InChI=1S/C23H17NO/c1-23(2)15-9-5-3-7-13(15)22-21(23)20-16(24-22)11-12-18-19(20)14-8-4-6-10-17(14)25-18/h3-12,24H,1-2H3. The summed E-state index contributed by atoms with van der Waals surface area (Å²) < 4.78 is 6.12. The van der Waals surface area contributed by atoms with Crippen molar-refractivity contribution in [2.24, 2.45) is 0 Å². The summed E-state index contributed by atoms with van der Waals surface area (Å²) in [5.41, 5.74) is 8.43. The van der Waals surface area contributed by atoms with E-state index in [1.165, 1.54) is 44.1 Å². The molecule has 1 aliphatic carbocycles. The fourth-order valence-corrected chi connectivity index (χ4v) is 4.71. The number of para-hydroxylation sites is 1. The molecule has 0 aliphatic heterocycles. The van der Waals surface area contributed by atoms with Gasteiger partial charge in [-0.05, 0) is 29.3 Å². The minimum absolute atomic E-state index is 0.0309. The Hall–Kier alpha value is -3.00. The van der Waals surface area contributed by atoms with Crippen LogP contribution < -0.4 is 0 Å². The molecule has 5 aromatic rings. The molecule has 25 heavy (non-hydrogen) atoms. The summed E-state index contributed by atoms with van der Waals surface area (Å²) in [6.45, 7) is 4.65. The van der Waals surface area contributed by atoms with E-state index in [0.29, 0.717) is 0 Å². The quantitative estimate of drug-likeness (QED) is 0.352. The molecule has 0 spiro atoms. The Kier molecular flexibility index (Phi) is 2.21. The van der Waals surface area contributed by atoms with Crippen LogP contribution in [0.15, 0.2) is 65.1 Å². The fraction of sp³-hybridized carbons (Fsp3) is 0.130. The Morgan fingerprint density at radius 3 is 2.52 bits per heavy atom. The number of hydrogen-bond acceptors (Lipinski definition) is 1. The van der Waals surface area contributed by atoms with Gasteiger partial charge in [0.05, 0.1) is 5.69 Å². The third-order valence-electron chi connectivity index (χ3n) is 5.80. The van der Waals surface area contributed by atoms with Crippen LogP contribution in [0.3, 0.4) is 0 Å². The Morgan fingerprint density at radius 2 is 1.60 bits per heavy atom. The van der Waals surface area contributed by atoms with E-state index in [1.54, 1.807) is 0 Å². The largest absolute Gasteiger partial charge is 0.456 e. The molecule has 0 unspecified atom stereocenters. The van der Waals surface area contributed by atoms with Crippen molar-refractivity contribution in [3.05, 3.63) is 71.8 Å². The Morgan fingerprint density at radius 1 is 0.800 bits per heavy atom. The van der Waals surface area contributed by atoms with E-state index in [4.69, 9.17) is 4.42 Å².